The summed E-state index contributed by atoms with van der Waals surface area (Å²) in [6.07, 6.45) is 0.672. The van der Waals surface area contributed by atoms with Gasteiger partial charge in [0.15, 0.2) is 0 Å². The highest BCUT2D eigenvalue weighted by Gasteiger charge is 2.33. The molecule has 0 spiro atoms. The maximum absolute atomic E-state index is 12.6. The average Bonchev–Trinajstić information content (AvgIpc) is 2.67. The normalized spacial score (nSPS) is 16.0. The molecule has 26 heavy (non-hydrogen) atoms. The summed E-state index contributed by atoms with van der Waals surface area (Å²) >= 11 is 1.58. The highest BCUT2D eigenvalue weighted by molar-refractivity contribution is 7.99. The van der Waals surface area contributed by atoms with Crippen molar-refractivity contribution >= 4 is 23.6 Å². The van der Waals surface area contributed by atoms with Crippen LogP contribution in [0.15, 0.2) is 53.4 Å². The molecule has 0 fully saturated rings. The number of benzene rings is 2. The first kappa shape index (κ1) is 18.3. The molecule has 0 aromatic heterocycles. The molecule has 5 nitrogen and oxygen atoms in total. The van der Waals surface area contributed by atoms with Gasteiger partial charge in [0.2, 0.25) is 5.91 Å². The summed E-state index contributed by atoms with van der Waals surface area (Å²) in [6.45, 7) is 0.360. The number of ether oxygens (including phenoxy) is 1. The number of methoxy groups -OCH3 is 1. The second kappa shape index (κ2) is 8.27. The zero-order valence-electron chi connectivity index (χ0n) is 14.6. The van der Waals surface area contributed by atoms with Crippen molar-refractivity contribution < 1.29 is 19.4 Å². The van der Waals surface area contributed by atoms with Crippen molar-refractivity contribution in [1.29, 1.82) is 0 Å². The van der Waals surface area contributed by atoms with E-state index >= 15 is 0 Å². The van der Waals surface area contributed by atoms with Gasteiger partial charge in [0, 0.05) is 30.0 Å². The van der Waals surface area contributed by atoms with Gasteiger partial charge in [0.1, 0.15) is 11.8 Å². The standard InChI is InChI=1S/C20H21NO4S/c1-25-16-6-8-17(9-7-16)26-11-10-19(22)21-13-15-5-3-2-4-14(15)12-18(21)20(23)24/h2-9,18H,10-13H2,1H3,(H,23,24). The van der Waals surface area contributed by atoms with Crippen LogP contribution in [0.25, 0.3) is 0 Å². The number of rotatable bonds is 6. The lowest BCUT2D eigenvalue weighted by Crippen LogP contribution is -2.48. The van der Waals surface area contributed by atoms with Crippen LogP contribution < -0.4 is 4.74 Å². The first-order valence-electron chi connectivity index (χ1n) is 8.44. The molecule has 3 rings (SSSR count). The number of hydrogen-bond acceptors (Lipinski definition) is 4. The highest BCUT2D eigenvalue weighted by Crippen LogP contribution is 2.26. The van der Waals surface area contributed by atoms with Gasteiger partial charge >= 0.3 is 5.97 Å². The van der Waals surface area contributed by atoms with Crippen LogP contribution in [0.5, 0.6) is 5.75 Å². The molecule has 0 saturated heterocycles. The number of nitrogens with zero attached hydrogens (tertiary/aromatic N) is 1. The van der Waals surface area contributed by atoms with Crippen LogP contribution in [-0.4, -0.2) is 40.8 Å². The van der Waals surface area contributed by atoms with Crippen LogP contribution in [0.1, 0.15) is 17.5 Å². The minimum atomic E-state index is -0.948. The van der Waals surface area contributed by atoms with Gasteiger partial charge < -0.3 is 14.7 Å². The molecule has 1 atom stereocenters. The summed E-state index contributed by atoms with van der Waals surface area (Å²) < 4.78 is 5.13. The van der Waals surface area contributed by atoms with Gasteiger partial charge in [-0.25, -0.2) is 4.79 Å². The molecule has 0 radical (unpaired) electrons. The molecule has 0 bridgehead atoms. The second-order valence-electron chi connectivity index (χ2n) is 6.12. The second-order valence-corrected chi connectivity index (χ2v) is 7.29. The summed E-state index contributed by atoms with van der Waals surface area (Å²) in [6, 6.07) is 14.6. The number of carbonyl (C=O) groups excluding carboxylic acids is 1. The summed E-state index contributed by atoms with van der Waals surface area (Å²) in [7, 11) is 1.62. The maximum atomic E-state index is 12.6. The summed E-state index contributed by atoms with van der Waals surface area (Å²) in [5, 5.41) is 9.52. The Labute approximate surface area is 157 Å². The molecular formula is C20H21NO4S. The van der Waals surface area contributed by atoms with Crippen LogP contribution in [0, 0.1) is 0 Å². The molecule has 1 aliphatic rings. The van der Waals surface area contributed by atoms with Gasteiger partial charge in [-0.05, 0) is 35.4 Å². The minimum Gasteiger partial charge on any atom is -0.497 e. The van der Waals surface area contributed by atoms with E-state index in [0.717, 1.165) is 21.8 Å². The number of carbonyl (C=O) groups is 2. The Morgan fingerprint density at radius 1 is 1.15 bits per heavy atom. The lowest BCUT2D eigenvalue weighted by Gasteiger charge is -2.34. The van der Waals surface area contributed by atoms with Gasteiger partial charge in [-0.15, -0.1) is 11.8 Å². The molecule has 0 saturated carbocycles. The highest BCUT2D eigenvalue weighted by atomic mass is 32.2. The fourth-order valence-electron chi connectivity index (χ4n) is 3.08. The van der Waals surface area contributed by atoms with Crippen LogP contribution in [0.4, 0.5) is 0 Å². The number of carboxylic acids is 1. The molecule has 1 N–H and O–H groups in total. The average molecular weight is 371 g/mol. The molecule has 136 valence electrons. The van der Waals surface area contributed by atoms with E-state index in [4.69, 9.17) is 4.74 Å². The Balaban J connectivity index is 1.61. The Morgan fingerprint density at radius 3 is 2.50 bits per heavy atom. The Kier molecular flexibility index (Phi) is 5.83. The van der Waals surface area contributed by atoms with E-state index in [1.54, 1.807) is 18.9 Å². The van der Waals surface area contributed by atoms with Crippen molar-refractivity contribution in [1.82, 2.24) is 4.90 Å². The first-order valence-corrected chi connectivity index (χ1v) is 9.43. The largest absolute Gasteiger partial charge is 0.497 e. The number of amides is 1. The number of aliphatic carboxylic acids is 1. The topological polar surface area (TPSA) is 66.8 Å². The SMILES string of the molecule is COc1ccc(SCCC(=O)N2Cc3ccccc3CC2C(=O)O)cc1. The van der Waals surface area contributed by atoms with E-state index in [1.165, 1.54) is 4.90 Å². The Morgan fingerprint density at radius 2 is 1.85 bits per heavy atom. The van der Waals surface area contributed by atoms with E-state index in [0.29, 0.717) is 25.1 Å². The number of fused-ring (bicyclic) bond motifs is 1. The van der Waals surface area contributed by atoms with Gasteiger partial charge in [0.05, 0.1) is 7.11 Å². The summed E-state index contributed by atoms with van der Waals surface area (Å²) in [5.41, 5.74) is 2.04. The maximum Gasteiger partial charge on any atom is 0.326 e. The third-order valence-electron chi connectivity index (χ3n) is 4.50. The first-order chi connectivity index (χ1) is 12.6. The smallest absolute Gasteiger partial charge is 0.326 e. The Bertz CT molecular complexity index is 791. The zero-order chi connectivity index (χ0) is 18.5. The summed E-state index contributed by atoms with van der Waals surface area (Å²) in [4.78, 5) is 26.8. The van der Waals surface area contributed by atoms with E-state index in [-0.39, 0.29) is 5.91 Å². The van der Waals surface area contributed by atoms with Crippen LogP contribution >= 0.6 is 11.8 Å². The summed E-state index contributed by atoms with van der Waals surface area (Å²) in [5.74, 6) is 0.334. The van der Waals surface area contributed by atoms with Gasteiger partial charge in [-0.3, -0.25) is 4.79 Å². The van der Waals surface area contributed by atoms with Crippen molar-refractivity contribution in [2.75, 3.05) is 12.9 Å². The fraction of sp³-hybridized carbons (Fsp3) is 0.300. The van der Waals surface area contributed by atoms with Gasteiger partial charge in [-0.1, -0.05) is 24.3 Å². The van der Waals surface area contributed by atoms with Gasteiger partial charge in [0.25, 0.3) is 0 Å². The zero-order valence-corrected chi connectivity index (χ0v) is 15.4. The molecule has 2 aromatic carbocycles. The van der Waals surface area contributed by atoms with E-state index < -0.39 is 12.0 Å². The molecule has 1 unspecified atom stereocenters. The predicted molar refractivity (Wildman–Crippen MR) is 100 cm³/mol. The molecule has 1 amide bonds. The third kappa shape index (κ3) is 4.19. The number of thioether (sulfide) groups is 1. The Hall–Kier alpha value is -2.47. The van der Waals surface area contributed by atoms with E-state index in [9.17, 15) is 14.7 Å². The van der Waals surface area contributed by atoms with Crippen LogP contribution in [0.3, 0.4) is 0 Å². The number of carboxylic acid groups (broad SMARTS) is 1. The quantitative estimate of drug-likeness (QED) is 0.790. The lowest BCUT2D eigenvalue weighted by molar-refractivity contribution is -0.151. The van der Waals surface area contributed by atoms with Crippen LogP contribution in [0.2, 0.25) is 0 Å². The third-order valence-corrected chi connectivity index (χ3v) is 5.51. The van der Waals surface area contributed by atoms with Crippen molar-refractivity contribution in [3.63, 3.8) is 0 Å². The van der Waals surface area contributed by atoms with Gasteiger partial charge in [-0.2, -0.15) is 0 Å². The molecule has 1 heterocycles. The lowest BCUT2D eigenvalue weighted by atomic mass is 9.94. The van der Waals surface area contributed by atoms with Crippen molar-refractivity contribution in [2.45, 2.75) is 30.3 Å². The molecular weight excluding hydrogens is 350 g/mol. The fourth-order valence-corrected chi connectivity index (χ4v) is 3.92. The molecule has 1 aliphatic heterocycles. The molecule has 2 aromatic rings. The van der Waals surface area contributed by atoms with Crippen LogP contribution in [-0.2, 0) is 22.6 Å². The minimum absolute atomic E-state index is 0.118. The van der Waals surface area contributed by atoms with Crippen molar-refractivity contribution in [3.05, 3.63) is 59.7 Å². The molecule has 0 aliphatic carbocycles. The number of hydrogen-bond donors (Lipinski definition) is 1. The monoisotopic (exact) mass is 371 g/mol. The van der Waals surface area contributed by atoms with Crippen molar-refractivity contribution in [2.24, 2.45) is 0 Å². The predicted octanol–water partition coefficient (Wildman–Crippen LogP) is 3.22. The molecule has 6 heteroatoms. The van der Waals surface area contributed by atoms with E-state index in [1.807, 2.05) is 48.5 Å². The van der Waals surface area contributed by atoms with Crippen molar-refractivity contribution in [3.8, 4) is 5.75 Å². The van der Waals surface area contributed by atoms with E-state index in [2.05, 4.69) is 0 Å².